The molecule has 0 fully saturated rings. The van der Waals surface area contributed by atoms with Gasteiger partial charge in [-0.2, -0.15) is 0 Å². The summed E-state index contributed by atoms with van der Waals surface area (Å²) < 4.78 is 7.55. The molecular formula is C35H42N4O3. The molecule has 0 radical (unpaired) electrons. The Labute approximate surface area is 249 Å². The number of ether oxygens (including phenoxy) is 1. The zero-order chi connectivity index (χ0) is 29.9. The van der Waals surface area contributed by atoms with Gasteiger partial charge < -0.3 is 24.4 Å². The molecule has 4 aromatic rings. The van der Waals surface area contributed by atoms with Crippen molar-refractivity contribution in [3.63, 3.8) is 0 Å². The number of carbonyl (C=O) groups excluding carboxylic acids is 2. The summed E-state index contributed by atoms with van der Waals surface area (Å²) in [7, 11) is 1.67. The van der Waals surface area contributed by atoms with Crippen LogP contribution in [-0.2, 0) is 30.8 Å². The Morgan fingerprint density at radius 3 is 2.33 bits per heavy atom. The third-order valence-corrected chi connectivity index (χ3v) is 7.17. The van der Waals surface area contributed by atoms with E-state index in [2.05, 4.69) is 36.7 Å². The number of amides is 3. The molecule has 220 valence electrons. The van der Waals surface area contributed by atoms with Crippen LogP contribution < -0.4 is 10.1 Å². The van der Waals surface area contributed by atoms with Crippen LogP contribution in [0.1, 0.15) is 43.2 Å². The van der Waals surface area contributed by atoms with Crippen LogP contribution in [0.15, 0.2) is 97.2 Å². The minimum atomic E-state index is -0.265. The largest absolute Gasteiger partial charge is 0.497 e. The second-order valence-corrected chi connectivity index (χ2v) is 10.9. The number of anilines is 1. The Morgan fingerprint density at radius 1 is 0.857 bits per heavy atom. The SMILES string of the molecule is CCc1ccccc1NC(=O)N(CC(=O)N(Cc1ccccc1)Cc1cccn1Cc1cccc(OC)c1)CC(C)C. The molecule has 42 heavy (non-hydrogen) atoms. The third kappa shape index (κ3) is 8.49. The summed E-state index contributed by atoms with van der Waals surface area (Å²) in [4.78, 5) is 30.9. The molecule has 0 aliphatic carbocycles. The number of nitrogens with zero attached hydrogens (tertiary/aromatic N) is 3. The van der Waals surface area contributed by atoms with Crippen molar-refractivity contribution in [2.75, 3.05) is 25.5 Å². The van der Waals surface area contributed by atoms with E-state index in [-0.39, 0.29) is 24.4 Å². The number of aromatic nitrogens is 1. The quantitative estimate of drug-likeness (QED) is 0.193. The van der Waals surface area contributed by atoms with Crippen molar-refractivity contribution in [3.8, 4) is 5.75 Å². The van der Waals surface area contributed by atoms with Crippen molar-refractivity contribution in [2.24, 2.45) is 5.92 Å². The fourth-order valence-electron chi connectivity index (χ4n) is 5.01. The molecule has 0 bridgehead atoms. The summed E-state index contributed by atoms with van der Waals surface area (Å²) in [6.45, 7) is 8.15. The van der Waals surface area contributed by atoms with Gasteiger partial charge in [0.1, 0.15) is 12.3 Å². The van der Waals surface area contributed by atoms with Gasteiger partial charge in [-0.1, -0.05) is 81.4 Å². The molecule has 1 heterocycles. The van der Waals surface area contributed by atoms with Gasteiger partial charge in [-0.25, -0.2) is 4.79 Å². The number of aryl methyl sites for hydroxylation is 1. The molecule has 7 heteroatoms. The lowest BCUT2D eigenvalue weighted by Gasteiger charge is -2.29. The predicted octanol–water partition coefficient (Wildman–Crippen LogP) is 6.83. The molecule has 0 aliphatic heterocycles. The average Bonchev–Trinajstić information content (AvgIpc) is 3.43. The van der Waals surface area contributed by atoms with E-state index in [0.717, 1.165) is 40.2 Å². The number of rotatable bonds is 13. The molecule has 0 aliphatic rings. The summed E-state index contributed by atoms with van der Waals surface area (Å²) in [6.07, 6.45) is 2.84. The third-order valence-electron chi connectivity index (χ3n) is 7.17. The van der Waals surface area contributed by atoms with Gasteiger partial charge in [0.15, 0.2) is 0 Å². The van der Waals surface area contributed by atoms with Crippen molar-refractivity contribution in [2.45, 2.75) is 46.8 Å². The van der Waals surface area contributed by atoms with Crippen LogP contribution in [0.5, 0.6) is 5.75 Å². The van der Waals surface area contributed by atoms with Gasteiger partial charge in [-0.05, 0) is 59.4 Å². The molecule has 0 spiro atoms. The summed E-state index contributed by atoms with van der Waals surface area (Å²) in [6, 6.07) is 29.6. The standard InChI is InChI=1S/C35H42N4O3/c1-5-30-16-9-10-19-33(30)36-35(41)39(22-27(2)3)26-34(40)38(23-28-13-7-6-8-14-28)25-31-17-12-20-37(31)24-29-15-11-18-32(21-29)42-4/h6-21,27H,5,22-26H2,1-4H3,(H,36,41). The molecule has 0 saturated heterocycles. The summed E-state index contributed by atoms with van der Waals surface area (Å²) >= 11 is 0. The van der Waals surface area contributed by atoms with Gasteiger partial charge in [0.2, 0.25) is 5.91 Å². The maximum Gasteiger partial charge on any atom is 0.322 e. The number of hydrogen-bond acceptors (Lipinski definition) is 3. The lowest BCUT2D eigenvalue weighted by atomic mass is 10.1. The first-order chi connectivity index (χ1) is 20.4. The van der Waals surface area contributed by atoms with Crippen LogP contribution in [0.4, 0.5) is 10.5 Å². The van der Waals surface area contributed by atoms with Crippen LogP contribution in [0.3, 0.4) is 0 Å². The van der Waals surface area contributed by atoms with Gasteiger partial charge in [0, 0.05) is 37.2 Å². The van der Waals surface area contributed by atoms with E-state index >= 15 is 0 Å². The van der Waals surface area contributed by atoms with Gasteiger partial charge in [-0.15, -0.1) is 0 Å². The van der Waals surface area contributed by atoms with E-state index in [4.69, 9.17) is 4.74 Å². The van der Waals surface area contributed by atoms with E-state index in [9.17, 15) is 9.59 Å². The van der Waals surface area contributed by atoms with E-state index in [1.165, 1.54) is 0 Å². The number of benzene rings is 3. The minimum absolute atomic E-state index is 0.0122. The molecule has 7 nitrogen and oxygen atoms in total. The Balaban J connectivity index is 1.55. The number of carbonyl (C=O) groups is 2. The topological polar surface area (TPSA) is 66.8 Å². The first-order valence-electron chi connectivity index (χ1n) is 14.6. The molecule has 0 unspecified atom stereocenters. The van der Waals surface area contributed by atoms with Gasteiger partial charge in [-0.3, -0.25) is 4.79 Å². The summed E-state index contributed by atoms with van der Waals surface area (Å²) in [5.74, 6) is 0.910. The van der Waals surface area contributed by atoms with E-state index < -0.39 is 0 Å². The Hall–Kier alpha value is -4.52. The molecule has 0 saturated carbocycles. The van der Waals surface area contributed by atoms with E-state index in [1.54, 1.807) is 12.0 Å². The predicted molar refractivity (Wildman–Crippen MR) is 168 cm³/mol. The van der Waals surface area contributed by atoms with Crippen LogP contribution in [0, 0.1) is 5.92 Å². The molecule has 3 amide bonds. The smallest absolute Gasteiger partial charge is 0.322 e. The number of nitrogens with one attached hydrogen (secondary N) is 1. The monoisotopic (exact) mass is 566 g/mol. The number of para-hydroxylation sites is 1. The fraction of sp³-hybridized carbons (Fsp3) is 0.314. The molecule has 0 atom stereocenters. The first-order valence-corrected chi connectivity index (χ1v) is 14.6. The van der Waals surface area contributed by atoms with Crippen molar-refractivity contribution in [1.29, 1.82) is 0 Å². The number of hydrogen-bond donors (Lipinski definition) is 1. The first kappa shape index (κ1) is 30.4. The highest BCUT2D eigenvalue weighted by Crippen LogP contribution is 2.19. The maximum absolute atomic E-state index is 14.0. The van der Waals surface area contributed by atoms with Crippen LogP contribution in [0.2, 0.25) is 0 Å². The summed E-state index contributed by atoms with van der Waals surface area (Å²) in [5, 5.41) is 3.05. The van der Waals surface area contributed by atoms with Gasteiger partial charge in [0.05, 0.1) is 13.7 Å². The Bertz CT molecular complexity index is 1450. The van der Waals surface area contributed by atoms with Crippen molar-refractivity contribution < 1.29 is 14.3 Å². The Kier molecular flexibility index (Phi) is 10.8. The molecule has 3 aromatic carbocycles. The minimum Gasteiger partial charge on any atom is -0.497 e. The molecule has 1 N–H and O–H groups in total. The van der Waals surface area contributed by atoms with Gasteiger partial charge >= 0.3 is 6.03 Å². The highest BCUT2D eigenvalue weighted by molar-refractivity contribution is 5.93. The van der Waals surface area contributed by atoms with E-state index in [1.807, 2.05) is 96.0 Å². The zero-order valence-electron chi connectivity index (χ0n) is 25.1. The molecule has 4 rings (SSSR count). The fourth-order valence-corrected chi connectivity index (χ4v) is 5.01. The van der Waals surface area contributed by atoms with Crippen LogP contribution >= 0.6 is 0 Å². The number of methoxy groups -OCH3 is 1. The lowest BCUT2D eigenvalue weighted by molar-refractivity contribution is -0.133. The molecule has 1 aromatic heterocycles. The number of urea groups is 1. The maximum atomic E-state index is 14.0. The van der Waals surface area contributed by atoms with Gasteiger partial charge in [0.25, 0.3) is 0 Å². The van der Waals surface area contributed by atoms with Crippen molar-refractivity contribution in [3.05, 3.63) is 120 Å². The molecular weight excluding hydrogens is 524 g/mol. The second-order valence-electron chi connectivity index (χ2n) is 10.9. The zero-order valence-corrected chi connectivity index (χ0v) is 25.1. The highest BCUT2D eigenvalue weighted by atomic mass is 16.5. The summed E-state index contributed by atoms with van der Waals surface area (Å²) in [5.41, 5.74) is 5.00. The average molecular weight is 567 g/mol. The highest BCUT2D eigenvalue weighted by Gasteiger charge is 2.24. The van der Waals surface area contributed by atoms with Crippen LogP contribution in [0.25, 0.3) is 0 Å². The lowest BCUT2D eigenvalue weighted by Crippen LogP contribution is -2.45. The van der Waals surface area contributed by atoms with E-state index in [0.29, 0.717) is 26.2 Å². The Morgan fingerprint density at radius 2 is 1.60 bits per heavy atom. The van der Waals surface area contributed by atoms with Crippen molar-refractivity contribution in [1.82, 2.24) is 14.4 Å². The van der Waals surface area contributed by atoms with Crippen LogP contribution in [-0.4, -0.2) is 46.5 Å². The normalized spacial score (nSPS) is 10.9. The van der Waals surface area contributed by atoms with Crippen molar-refractivity contribution >= 4 is 17.6 Å². The second kappa shape index (κ2) is 14.9.